The molecule has 0 saturated carbocycles. The van der Waals surface area contributed by atoms with E-state index in [2.05, 4.69) is 32.1 Å². The first kappa shape index (κ1) is 15.2. The molecule has 2 saturated heterocycles. The van der Waals surface area contributed by atoms with Crippen LogP contribution in [0.2, 0.25) is 0 Å². The lowest BCUT2D eigenvalue weighted by atomic mass is 10.2. The van der Waals surface area contributed by atoms with Gasteiger partial charge >= 0.3 is 0 Å². The highest BCUT2D eigenvalue weighted by molar-refractivity contribution is 5.92. The zero-order chi connectivity index (χ0) is 15.4. The third-order valence-corrected chi connectivity index (χ3v) is 4.23. The highest BCUT2D eigenvalue weighted by Gasteiger charge is 2.19. The molecule has 3 heterocycles. The molecule has 2 aliphatic heterocycles. The highest BCUT2D eigenvalue weighted by atomic mass is 16.5. The van der Waals surface area contributed by atoms with Crippen molar-refractivity contribution in [2.45, 2.75) is 18.9 Å². The van der Waals surface area contributed by atoms with E-state index >= 15 is 0 Å². The number of aromatic nitrogens is 2. The Bertz CT molecular complexity index is 510. The number of ether oxygens (including phenoxy) is 1. The van der Waals surface area contributed by atoms with Gasteiger partial charge in [0, 0.05) is 45.4 Å². The maximum Gasteiger partial charge on any atom is 0.270 e. The lowest BCUT2D eigenvalue weighted by molar-refractivity contribution is 0.0853. The van der Waals surface area contributed by atoms with Gasteiger partial charge in [-0.3, -0.25) is 4.79 Å². The third kappa shape index (κ3) is 3.72. The average Bonchev–Trinajstić information content (AvgIpc) is 3.07. The van der Waals surface area contributed by atoms with Crippen LogP contribution in [0.3, 0.4) is 0 Å². The molecule has 1 aromatic rings. The van der Waals surface area contributed by atoms with E-state index in [9.17, 15) is 4.79 Å². The van der Waals surface area contributed by atoms with Crippen LogP contribution in [-0.2, 0) is 4.74 Å². The third-order valence-electron chi connectivity index (χ3n) is 4.23. The summed E-state index contributed by atoms with van der Waals surface area (Å²) in [6.45, 7) is 5.19. The van der Waals surface area contributed by atoms with E-state index in [-0.39, 0.29) is 12.0 Å². The van der Waals surface area contributed by atoms with Crippen molar-refractivity contribution in [3.05, 3.63) is 18.1 Å². The van der Waals surface area contributed by atoms with Crippen LogP contribution in [-0.4, -0.2) is 73.3 Å². The Morgan fingerprint density at radius 2 is 2.18 bits per heavy atom. The number of carbonyl (C=O) groups is 1. The summed E-state index contributed by atoms with van der Waals surface area (Å²) in [5.74, 6) is 0.665. The monoisotopic (exact) mass is 305 g/mol. The standard InChI is InChI=1S/C15H23N5O2/c1-19-4-6-20(7-5-19)14-9-13(17-11-18-14)15(21)16-10-12-3-2-8-22-12/h9,11-12H,2-8,10H2,1H3,(H,16,21). The molecule has 22 heavy (non-hydrogen) atoms. The van der Waals surface area contributed by atoms with Gasteiger partial charge in [-0.1, -0.05) is 0 Å². The van der Waals surface area contributed by atoms with Crippen LogP contribution in [0.25, 0.3) is 0 Å². The average molecular weight is 305 g/mol. The van der Waals surface area contributed by atoms with Crippen molar-refractivity contribution in [3.63, 3.8) is 0 Å². The van der Waals surface area contributed by atoms with E-state index in [1.807, 2.05) is 0 Å². The number of hydrogen-bond donors (Lipinski definition) is 1. The summed E-state index contributed by atoms with van der Waals surface area (Å²) in [5, 5.41) is 2.90. The maximum absolute atomic E-state index is 12.2. The van der Waals surface area contributed by atoms with Crippen LogP contribution < -0.4 is 10.2 Å². The van der Waals surface area contributed by atoms with Crippen molar-refractivity contribution in [3.8, 4) is 0 Å². The zero-order valence-corrected chi connectivity index (χ0v) is 13.0. The number of nitrogens with zero attached hydrogens (tertiary/aromatic N) is 4. The van der Waals surface area contributed by atoms with Crippen molar-refractivity contribution in [2.75, 3.05) is 51.3 Å². The van der Waals surface area contributed by atoms with Crippen molar-refractivity contribution in [1.82, 2.24) is 20.2 Å². The van der Waals surface area contributed by atoms with Gasteiger partial charge in [0.2, 0.25) is 0 Å². The van der Waals surface area contributed by atoms with E-state index < -0.39 is 0 Å². The zero-order valence-electron chi connectivity index (χ0n) is 13.0. The molecule has 120 valence electrons. The van der Waals surface area contributed by atoms with Gasteiger partial charge in [0.05, 0.1) is 6.10 Å². The summed E-state index contributed by atoms with van der Waals surface area (Å²) in [7, 11) is 2.11. The van der Waals surface area contributed by atoms with Gasteiger partial charge in [-0.25, -0.2) is 9.97 Å². The fourth-order valence-electron chi connectivity index (χ4n) is 2.78. The second kappa shape index (κ2) is 7.02. The smallest absolute Gasteiger partial charge is 0.270 e. The van der Waals surface area contributed by atoms with Crippen molar-refractivity contribution in [1.29, 1.82) is 0 Å². The minimum atomic E-state index is -0.159. The minimum Gasteiger partial charge on any atom is -0.376 e. The van der Waals surface area contributed by atoms with Crippen LogP contribution in [0.1, 0.15) is 23.3 Å². The van der Waals surface area contributed by atoms with E-state index in [0.717, 1.165) is 51.4 Å². The minimum absolute atomic E-state index is 0.142. The second-order valence-electron chi connectivity index (χ2n) is 5.90. The molecular weight excluding hydrogens is 282 g/mol. The molecule has 3 rings (SSSR count). The first-order chi connectivity index (χ1) is 10.7. The molecule has 1 amide bonds. The van der Waals surface area contributed by atoms with Gasteiger partial charge in [-0.05, 0) is 19.9 Å². The Labute approximate surface area is 130 Å². The number of rotatable bonds is 4. The van der Waals surface area contributed by atoms with Crippen LogP contribution >= 0.6 is 0 Å². The summed E-state index contributed by atoms with van der Waals surface area (Å²) >= 11 is 0. The van der Waals surface area contributed by atoms with E-state index in [1.165, 1.54) is 6.33 Å². The van der Waals surface area contributed by atoms with Gasteiger partial charge in [-0.2, -0.15) is 0 Å². The lowest BCUT2D eigenvalue weighted by Crippen LogP contribution is -2.45. The first-order valence-electron chi connectivity index (χ1n) is 7.88. The molecule has 0 radical (unpaired) electrons. The molecule has 2 fully saturated rings. The maximum atomic E-state index is 12.2. The predicted molar refractivity (Wildman–Crippen MR) is 83.0 cm³/mol. The van der Waals surface area contributed by atoms with Crippen LogP contribution in [0.5, 0.6) is 0 Å². The molecule has 0 aliphatic carbocycles. The Morgan fingerprint density at radius 1 is 1.36 bits per heavy atom. The summed E-state index contributed by atoms with van der Waals surface area (Å²) in [4.78, 5) is 25.1. The van der Waals surface area contributed by atoms with Gasteiger partial charge < -0.3 is 19.9 Å². The SMILES string of the molecule is CN1CCN(c2cc(C(=O)NCC3CCCO3)ncn2)CC1. The van der Waals surface area contributed by atoms with E-state index in [1.54, 1.807) is 6.07 Å². The van der Waals surface area contributed by atoms with Crippen LogP contribution in [0.4, 0.5) is 5.82 Å². The Balaban J connectivity index is 1.59. The summed E-state index contributed by atoms with van der Waals surface area (Å²) < 4.78 is 5.51. The van der Waals surface area contributed by atoms with Crippen LogP contribution in [0.15, 0.2) is 12.4 Å². The number of carbonyl (C=O) groups excluding carboxylic acids is 1. The van der Waals surface area contributed by atoms with E-state index in [0.29, 0.717) is 12.2 Å². The molecule has 0 aromatic carbocycles. The molecule has 7 nitrogen and oxygen atoms in total. The molecule has 0 spiro atoms. The number of anilines is 1. The molecule has 1 N–H and O–H groups in total. The predicted octanol–water partition coefficient (Wildman–Crippen LogP) is 0.137. The fourth-order valence-corrected chi connectivity index (χ4v) is 2.78. The highest BCUT2D eigenvalue weighted by Crippen LogP contribution is 2.14. The van der Waals surface area contributed by atoms with Gasteiger partial charge in [0.1, 0.15) is 17.8 Å². The fraction of sp³-hybridized carbons (Fsp3) is 0.667. The van der Waals surface area contributed by atoms with Crippen molar-refractivity contribution < 1.29 is 9.53 Å². The Kier molecular flexibility index (Phi) is 4.84. The molecule has 7 heteroatoms. The molecule has 0 bridgehead atoms. The summed E-state index contributed by atoms with van der Waals surface area (Å²) in [5.41, 5.74) is 0.418. The van der Waals surface area contributed by atoms with Crippen molar-refractivity contribution >= 4 is 11.7 Å². The normalized spacial score (nSPS) is 22.8. The van der Waals surface area contributed by atoms with Gasteiger partial charge in [0.15, 0.2) is 0 Å². The summed E-state index contributed by atoms with van der Waals surface area (Å²) in [6.07, 6.45) is 3.69. The Morgan fingerprint density at radius 3 is 2.91 bits per heavy atom. The molecule has 1 atom stereocenters. The Hall–Kier alpha value is -1.73. The van der Waals surface area contributed by atoms with Crippen molar-refractivity contribution in [2.24, 2.45) is 0 Å². The molecule has 2 aliphatic rings. The first-order valence-corrected chi connectivity index (χ1v) is 7.88. The molecule has 1 unspecified atom stereocenters. The molecule has 1 aromatic heterocycles. The van der Waals surface area contributed by atoms with Gasteiger partial charge in [-0.15, -0.1) is 0 Å². The number of nitrogens with one attached hydrogen (secondary N) is 1. The number of likely N-dealkylation sites (N-methyl/N-ethyl adjacent to an activating group) is 1. The van der Waals surface area contributed by atoms with E-state index in [4.69, 9.17) is 4.74 Å². The number of piperazine rings is 1. The second-order valence-corrected chi connectivity index (χ2v) is 5.90. The molecular formula is C15H23N5O2. The topological polar surface area (TPSA) is 70.6 Å². The van der Waals surface area contributed by atoms with Gasteiger partial charge in [0.25, 0.3) is 5.91 Å². The largest absolute Gasteiger partial charge is 0.376 e. The van der Waals surface area contributed by atoms with Crippen LogP contribution in [0, 0.1) is 0 Å². The number of amides is 1. The quantitative estimate of drug-likeness (QED) is 0.853. The summed E-state index contributed by atoms with van der Waals surface area (Å²) in [6, 6.07) is 1.77. The number of hydrogen-bond acceptors (Lipinski definition) is 6. The lowest BCUT2D eigenvalue weighted by Gasteiger charge is -2.33.